The highest BCUT2D eigenvalue weighted by Crippen LogP contribution is 2.32. The van der Waals surface area contributed by atoms with Crippen LogP contribution in [0.4, 0.5) is 5.69 Å². The molecule has 7 nitrogen and oxygen atoms in total. The minimum atomic E-state index is -0.269. The van der Waals surface area contributed by atoms with Gasteiger partial charge in [0.05, 0.1) is 10.9 Å². The quantitative estimate of drug-likeness (QED) is 0.716. The lowest BCUT2D eigenvalue weighted by atomic mass is 9.99. The van der Waals surface area contributed by atoms with Gasteiger partial charge in [0.25, 0.3) is 0 Å². The highest BCUT2D eigenvalue weighted by atomic mass is 35.5. The first-order valence-corrected chi connectivity index (χ1v) is 8.41. The zero-order chi connectivity index (χ0) is 18.3. The molecule has 1 atom stereocenters. The van der Waals surface area contributed by atoms with Crippen LogP contribution in [0.15, 0.2) is 42.5 Å². The number of hydrogen-bond acceptors (Lipinski definition) is 5. The molecule has 26 heavy (non-hydrogen) atoms. The van der Waals surface area contributed by atoms with Gasteiger partial charge in [-0.25, -0.2) is 0 Å². The Labute approximate surface area is 154 Å². The predicted octanol–water partition coefficient (Wildman–Crippen LogP) is 2.93. The van der Waals surface area contributed by atoms with Crippen molar-refractivity contribution in [2.45, 2.75) is 19.4 Å². The number of benzene rings is 2. The summed E-state index contributed by atoms with van der Waals surface area (Å²) in [5, 5.41) is 15.4. The van der Waals surface area contributed by atoms with E-state index in [1.54, 1.807) is 30.3 Å². The van der Waals surface area contributed by atoms with Crippen molar-refractivity contribution >= 4 is 29.0 Å². The molecule has 0 radical (unpaired) electrons. The molecule has 1 aliphatic heterocycles. The van der Waals surface area contributed by atoms with Gasteiger partial charge in [0, 0.05) is 16.8 Å². The van der Waals surface area contributed by atoms with Crippen LogP contribution in [0.25, 0.3) is 11.4 Å². The van der Waals surface area contributed by atoms with E-state index in [1.165, 1.54) is 4.80 Å². The normalized spacial score (nSPS) is 15.6. The second-order valence-corrected chi connectivity index (χ2v) is 6.47. The number of aromatic nitrogens is 4. The van der Waals surface area contributed by atoms with E-state index in [9.17, 15) is 9.59 Å². The molecular weight excluding hydrogens is 354 g/mol. The molecule has 1 N–H and O–H groups in total. The van der Waals surface area contributed by atoms with Crippen molar-refractivity contribution in [2.75, 3.05) is 5.32 Å². The van der Waals surface area contributed by atoms with Crippen molar-refractivity contribution < 1.29 is 9.59 Å². The summed E-state index contributed by atoms with van der Waals surface area (Å²) in [4.78, 5) is 25.5. The van der Waals surface area contributed by atoms with E-state index in [4.69, 9.17) is 11.6 Å². The second kappa shape index (κ2) is 6.34. The lowest BCUT2D eigenvalue weighted by Crippen LogP contribution is -2.13. The molecule has 1 amide bonds. The molecule has 0 fully saturated rings. The molecule has 1 aromatic heterocycles. The Bertz CT molecular complexity index is 1030. The van der Waals surface area contributed by atoms with Crippen LogP contribution in [0.1, 0.15) is 28.8 Å². The molecule has 0 bridgehead atoms. The van der Waals surface area contributed by atoms with Gasteiger partial charge in [-0.15, -0.1) is 10.2 Å². The van der Waals surface area contributed by atoms with E-state index in [1.807, 2.05) is 19.1 Å². The number of halogens is 1. The predicted molar refractivity (Wildman–Crippen MR) is 96.1 cm³/mol. The Morgan fingerprint density at radius 3 is 2.88 bits per heavy atom. The van der Waals surface area contributed by atoms with Gasteiger partial charge >= 0.3 is 0 Å². The first-order chi connectivity index (χ1) is 12.5. The number of nitrogens with one attached hydrogen (secondary N) is 1. The number of carbonyl (C=O) groups excluding carboxylic acids is 2. The zero-order valence-electron chi connectivity index (χ0n) is 13.8. The van der Waals surface area contributed by atoms with E-state index in [0.717, 1.165) is 11.3 Å². The van der Waals surface area contributed by atoms with Gasteiger partial charge in [0.1, 0.15) is 6.54 Å². The average molecular weight is 368 g/mol. The monoisotopic (exact) mass is 367 g/mol. The maximum atomic E-state index is 12.6. The van der Waals surface area contributed by atoms with Crippen molar-refractivity contribution in [3.8, 4) is 11.4 Å². The molecule has 0 saturated heterocycles. The Morgan fingerprint density at radius 2 is 2.08 bits per heavy atom. The number of fused-ring (bicyclic) bond motifs is 1. The summed E-state index contributed by atoms with van der Waals surface area (Å²) in [6, 6.07) is 12.3. The number of ketones is 1. The lowest BCUT2D eigenvalue weighted by Gasteiger charge is -2.05. The topological polar surface area (TPSA) is 89.8 Å². The number of nitrogens with zero attached hydrogens (tertiary/aromatic N) is 4. The third-order valence-electron chi connectivity index (χ3n) is 4.34. The fourth-order valence-electron chi connectivity index (χ4n) is 2.87. The molecule has 0 unspecified atom stereocenters. The molecule has 2 aromatic carbocycles. The van der Waals surface area contributed by atoms with E-state index in [2.05, 4.69) is 20.7 Å². The molecule has 130 valence electrons. The molecule has 3 aromatic rings. The Kier molecular flexibility index (Phi) is 4.00. The number of tetrazole rings is 1. The van der Waals surface area contributed by atoms with Crippen molar-refractivity contribution in [1.29, 1.82) is 0 Å². The average Bonchev–Trinajstić information content (AvgIpc) is 3.20. The van der Waals surface area contributed by atoms with Crippen LogP contribution in [-0.4, -0.2) is 31.9 Å². The summed E-state index contributed by atoms with van der Waals surface area (Å²) in [7, 11) is 0. The van der Waals surface area contributed by atoms with Gasteiger partial charge in [-0.3, -0.25) is 9.59 Å². The third-order valence-corrected chi connectivity index (χ3v) is 4.67. The summed E-state index contributed by atoms with van der Waals surface area (Å²) in [5.74, 6) is -0.135. The van der Waals surface area contributed by atoms with Gasteiger partial charge < -0.3 is 5.32 Å². The van der Waals surface area contributed by atoms with Gasteiger partial charge in [-0.2, -0.15) is 4.80 Å². The van der Waals surface area contributed by atoms with Crippen molar-refractivity contribution in [2.24, 2.45) is 0 Å². The summed E-state index contributed by atoms with van der Waals surface area (Å²) in [6.45, 7) is 1.76. The molecule has 0 aliphatic carbocycles. The largest absolute Gasteiger partial charge is 0.325 e. The third kappa shape index (κ3) is 2.86. The van der Waals surface area contributed by atoms with Crippen LogP contribution in [0.2, 0.25) is 5.02 Å². The van der Waals surface area contributed by atoms with Crippen molar-refractivity contribution in [3.63, 3.8) is 0 Å². The summed E-state index contributed by atoms with van der Waals surface area (Å²) < 4.78 is 0. The fraction of sp³-hybridized carbons (Fsp3) is 0.167. The number of hydrogen-bond donors (Lipinski definition) is 1. The second-order valence-electron chi connectivity index (χ2n) is 6.06. The molecule has 8 heteroatoms. The van der Waals surface area contributed by atoms with Gasteiger partial charge in [-0.1, -0.05) is 23.7 Å². The fourth-order valence-corrected chi connectivity index (χ4v) is 3.09. The zero-order valence-corrected chi connectivity index (χ0v) is 14.6. The van der Waals surface area contributed by atoms with Crippen LogP contribution in [0.3, 0.4) is 0 Å². The standard InChI is InChI=1S/C18H14ClN5O2/c1-10-13-8-11(6-7-15(13)20-18(10)26)16(25)9-24-22-17(21-23-24)12-4-2-3-5-14(12)19/h2-8,10H,9H2,1H3,(H,20,26)/t10-/m0/s1. The number of anilines is 1. The first-order valence-electron chi connectivity index (χ1n) is 8.03. The molecule has 2 heterocycles. The van der Waals surface area contributed by atoms with E-state index in [0.29, 0.717) is 22.0 Å². The maximum absolute atomic E-state index is 12.6. The number of Topliss-reactive ketones (excluding diaryl/α,β-unsaturated/α-hetero) is 1. The van der Waals surface area contributed by atoms with E-state index < -0.39 is 0 Å². The van der Waals surface area contributed by atoms with E-state index in [-0.39, 0.29) is 24.2 Å². The SMILES string of the molecule is C[C@@H]1C(=O)Nc2ccc(C(=O)Cn3nnc(-c4ccccc4Cl)n3)cc21. The Morgan fingerprint density at radius 1 is 1.27 bits per heavy atom. The Hall–Kier alpha value is -3.06. The first kappa shape index (κ1) is 16.4. The highest BCUT2D eigenvalue weighted by Gasteiger charge is 2.27. The number of amides is 1. The van der Waals surface area contributed by atoms with Crippen LogP contribution in [-0.2, 0) is 11.3 Å². The van der Waals surface area contributed by atoms with Crippen LogP contribution in [0, 0.1) is 0 Å². The molecule has 4 rings (SSSR count). The lowest BCUT2D eigenvalue weighted by molar-refractivity contribution is -0.116. The summed E-state index contributed by atoms with van der Waals surface area (Å²) in [5.41, 5.74) is 2.73. The Balaban J connectivity index is 1.55. The van der Waals surface area contributed by atoms with Crippen LogP contribution < -0.4 is 5.32 Å². The van der Waals surface area contributed by atoms with Gasteiger partial charge in [0.15, 0.2) is 5.78 Å². The molecule has 0 saturated carbocycles. The van der Waals surface area contributed by atoms with Crippen LogP contribution >= 0.6 is 11.6 Å². The highest BCUT2D eigenvalue weighted by molar-refractivity contribution is 6.33. The van der Waals surface area contributed by atoms with Crippen LogP contribution in [0.5, 0.6) is 0 Å². The molecule has 1 aliphatic rings. The maximum Gasteiger partial charge on any atom is 0.231 e. The smallest absolute Gasteiger partial charge is 0.231 e. The van der Waals surface area contributed by atoms with E-state index >= 15 is 0 Å². The summed E-state index contributed by atoms with van der Waals surface area (Å²) >= 11 is 6.13. The number of carbonyl (C=O) groups is 2. The van der Waals surface area contributed by atoms with Crippen molar-refractivity contribution in [1.82, 2.24) is 20.2 Å². The van der Waals surface area contributed by atoms with Gasteiger partial charge in [0.2, 0.25) is 11.7 Å². The summed E-state index contributed by atoms with van der Waals surface area (Å²) in [6.07, 6.45) is 0. The molecule has 0 spiro atoms. The molecular formula is C18H14ClN5O2. The minimum Gasteiger partial charge on any atom is -0.325 e. The minimum absolute atomic E-state index is 0.0496. The van der Waals surface area contributed by atoms with Crippen molar-refractivity contribution in [3.05, 3.63) is 58.6 Å². The van der Waals surface area contributed by atoms with Gasteiger partial charge in [-0.05, 0) is 48.0 Å². The number of rotatable bonds is 4.